The number of carbonyl (C=O) groups is 1. The molecule has 1 aromatic carbocycles. The second-order valence-electron chi connectivity index (χ2n) is 4.10. The lowest BCUT2D eigenvalue weighted by Crippen LogP contribution is -2.08. The van der Waals surface area contributed by atoms with Gasteiger partial charge in [-0.1, -0.05) is 0 Å². The first-order valence-electron chi connectivity index (χ1n) is 5.45. The number of carboxylic acid groups (broad SMARTS) is 1. The Morgan fingerprint density at radius 1 is 1.37 bits per heavy atom. The van der Waals surface area contributed by atoms with Gasteiger partial charge in [0.1, 0.15) is 0 Å². The van der Waals surface area contributed by atoms with Crippen LogP contribution in [0.5, 0.6) is 0 Å². The van der Waals surface area contributed by atoms with E-state index in [0.29, 0.717) is 5.69 Å². The SMILES string of the molecule is Cc1cc(C)n(-c2ccc([N+](=O)[O-])cc2C(=O)O)n1. The molecule has 0 amide bonds. The molecule has 1 heterocycles. The number of rotatable bonds is 3. The Balaban J connectivity index is 2.66. The van der Waals surface area contributed by atoms with Gasteiger partial charge in [-0.15, -0.1) is 0 Å². The topological polar surface area (TPSA) is 98.3 Å². The molecule has 98 valence electrons. The van der Waals surface area contributed by atoms with E-state index in [1.807, 2.05) is 0 Å². The van der Waals surface area contributed by atoms with Gasteiger partial charge in [-0.2, -0.15) is 5.10 Å². The Bertz CT molecular complexity index is 676. The molecular formula is C12H11N3O4. The smallest absolute Gasteiger partial charge is 0.338 e. The number of aryl methyl sites for hydroxylation is 2. The lowest BCUT2D eigenvalue weighted by molar-refractivity contribution is -0.384. The van der Waals surface area contributed by atoms with Gasteiger partial charge in [-0.05, 0) is 26.0 Å². The van der Waals surface area contributed by atoms with Gasteiger partial charge in [0, 0.05) is 17.8 Å². The van der Waals surface area contributed by atoms with Crippen molar-refractivity contribution in [2.24, 2.45) is 0 Å². The minimum Gasteiger partial charge on any atom is -0.478 e. The Morgan fingerprint density at radius 2 is 2.05 bits per heavy atom. The average molecular weight is 261 g/mol. The van der Waals surface area contributed by atoms with Crippen molar-refractivity contribution in [1.82, 2.24) is 9.78 Å². The summed E-state index contributed by atoms with van der Waals surface area (Å²) in [6, 6.07) is 5.49. The molecular weight excluding hydrogens is 250 g/mol. The quantitative estimate of drug-likeness (QED) is 0.673. The van der Waals surface area contributed by atoms with Gasteiger partial charge in [0.2, 0.25) is 0 Å². The van der Waals surface area contributed by atoms with Crippen LogP contribution < -0.4 is 0 Å². The van der Waals surface area contributed by atoms with E-state index in [-0.39, 0.29) is 11.3 Å². The number of aromatic carboxylic acids is 1. The highest BCUT2D eigenvalue weighted by atomic mass is 16.6. The number of hydrogen-bond donors (Lipinski definition) is 1. The number of nitrogens with zero attached hydrogens (tertiary/aromatic N) is 3. The van der Waals surface area contributed by atoms with Gasteiger partial charge in [-0.3, -0.25) is 10.1 Å². The van der Waals surface area contributed by atoms with E-state index >= 15 is 0 Å². The lowest BCUT2D eigenvalue weighted by atomic mass is 10.1. The molecule has 7 heteroatoms. The molecule has 0 saturated heterocycles. The van der Waals surface area contributed by atoms with E-state index < -0.39 is 10.9 Å². The summed E-state index contributed by atoms with van der Waals surface area (Å²) in [7, 11) is 0. The Morgan fingerprint density at radius 3 is 2.53 bits per heavy atom. The Hall–Kier alpha value is -2.70. The molecule has 0 aliphatic carbocycles. The third-order valence-corrected chi connectivity index (χ3v) is 2.66. The maximum absolute atomic E-state index is 11.2. The molecule has 0 spiro atoms. The van der Waals surface area contributed by atoms with Crippen molar-refractivity contribution >= 4 is 11.7 Å². The van der Waals surface area contributed by atoms with E-state index in [0.717, 1.165) is 17.5 Å². The first kappa shape index (κ1) is 12.7. The number of benzene rings is 1. The molecule has 19 heavy (non-hydrogen) atoms. The summed E-state index contributed by atoms with van der Waals surface area (Å²) in [5.74, 6) is -1.23. The first-order valence-corrected chi connectivity index (χ1v) is 5.45. The highest BCUT2D eigenvalue weighted by Crippen LogP contribution is 2.22. The van der Waals surface area contributed by atoms with Crippen LogP contribution in [0.25, 0.3) is 5.69 Å². The van der Waals surface area contributed by atoms with Crippen LogP contribution in [0.15, 0.2) is 24.3 Å². The van der Waals surface area contributed by atoms with Crippen molar-refractivity contribution < 1.29 is 14.8 Å². The molecule has 0 fully saturated rings. The standard InChI is InChI=1S/C12H11N3O4/c1-7-5-8(2)14(13-7)11-4-3-9(15(18)19)6-10(11)12(16)17/h3-6H,1-2H3,(H,16,17). The maximum atomic E-state index is 11.2. The molecule has 2 aromatic rings. The van der Waals surface area contributed by atoms with Crippen LogP contribution in [0.1, 0.15) is 21.7 Å². The summed E-state index contributed by atoms with van der Waals surface area (Å²) in [5, 5.41) is 24.0. The maximum Gasteiger partial charge on any atom is 0.338 e. The number of carboxylic acids is 1. The van der Waals surface area contributed by atoms with E-state index in [1.54, 1.807) is 19.9 Å². The largest absolute Gasteiger partial charge is 0.478 e. The molecule has 2 rings (SSSR count). The number of aromatic nitrogens is 2. The normalized spacial score (nSPS) is 10.4. The van der Waals surface area contributed by atoms with Gasteiger partial charge >= 0.3 is 5.97 Å². The third kappa shape index (κ3) is 2.30. The van der Waals surface area contributed by atoms with Crippen molar-refractivity contribution in [2.75, 3.05) is 0 Å². The van der Waals surface area contributed by atoms with Crippen LogP contribution in [0, 0.1) is 24.0 Å². The molecule has 0 unspecified atom stereocenters. The van der Waals surface area contributed by atoms with Crippen molar-refractivity contribution in [3.8, 4) is 5.69 Å². The lowest BCUT2D eigenvalue weighted by Gasteiger charge is -2.08. The van der Waals surface area contributed by atoms with E-state index in [4.69, 9.17) is 5.11 Å². The molecule has 0 atom stereocenters. The Kier molecular flexibility index (Phi) is 3.04. The van der Waals surface area contributed by atoms with Crippen LogP contribution in [0.4, 0.5) is 5.69 Å². The van der Waals surface area contributed by atoms with Gasteiger partial charge in [0.05, 0.1) is 21.9 Å². The summed E-state index contributed by atoms with van der Waals surface area (Å²) < 4.78 is 1.46. The van der Waals surface area contributed by atoms with Crippen LogP contribution in [0.2, 0.25) is 0 Å². The molecule has 0 saturated carbocycles. The second-order valence-corrected chi connectivity index (χ2v) is 4.10. The van der Waals surface area contributed by atoms with Crippen LogP contribution in [0.3, 0.4) is 0 Å². The van der Waals surface area contributed by atoms with Crippen LogP contribution in [-0.4, -0.2) is 25.8 Å². The van der Waals surface area contributed by atoms with Crippen LogP contribution >= 0.6 is 0 Å². The fraction of sp³-hybridized carbons (Fsp3) is 0.167. The van der Waals surface area contributed by atoms with E-state index in [1.165, 1.54) is 16.8 Å². The first-order chi connectivity index (χ1) is 8.90. The van der Waals surface area contributed by atoms with Crippen molar-refractivity contribution in [3.05, 3.63) is 51.3 Å². The average Bonchev–Trinajstić information content (AvgIpc) is 2.67. The minimum atomic E-state index is -1.23. The fourth-order valence-corrected chi connectivity index (χ4v) is 1.87. The number of non-ortho nitro benzene ring substituents is 1. The van der Waals surface area contributed by atoms with Crippen LogP contribution in [-0.2, 0) is 0 Å². The zero-order valence-corrected chi connectivity index (χ0v) is 10.3. The molecule has 0 aliphatic rings. The van der Waals surface area contributed by atoms with Crippen molar-refractivity contribution in [3.63, 3.8) is 0 Å². The summed E-state index contributed by atoms with van der Waals surface area (Å²) in [5.41, 5.74) is 1.40. The summed E-state index contributed by atoms with van der Waals surface area (Å²) in [6.07, 6.45) is 0. The highest BCUT2D eigenvalue weighted by Gasteiger charge is 2.18. The highest BCUT2D eigenvalue weighted by molar-refractivity contribution is 5.92. The van der Waals surface area contributed by atoms with Gasteiger partial charge in [0.25, 0.3) is 5.69 Å². The molecule has 0 radical (unpaired) electrons. The zero-order valence-electron chi connectivity index (χ0n) is 10.3. The monoisotopic (exact) mass is 261 g/mol. The summed E-state index contributed by atoms with van der Waals surface area (Å²) in [4.78, 5) is 21.3. The molecule has 1 aromatic heterocycles. The molecule has 1 N–H and O–H groups in total. The van der Waals surface area contributed by atoms with E-state index in [2.05, 4.69) is 5.10 Å². The van der Waals surface area contributed by atoms with Gasteiger partial charge in [0.15, 0.2) is 0 Å². The molecule has 0 aliphatic heterocycles. The third-order valence-electron chi connectivity index (χ3n) is 2.66. The summed E-state index contributed by atoms with van der Waals surface area (Å²) in [6.45, 7) is 3.57. The number of nitro groups is 1. The predicted molar refractivity (Wildman–Crippen MR) is 66.7 cm³/mol. The zero-order chi connectivity index (χ0) is 14.2. The molecule has 7 nitrogen and oxygen atoms in total. The number of nitro benzene ring substituents is 1. The van der Waals surface area contributed by atoms with Crippen molar-refractivity contribution in [2.45, 2.75) is 13.8 Å². The Labute approximate surface area is 108 Å². The minimum absolute atomic E-state index is 0.152. The molecule has 0 bridgehead atoms. The van der Waals surface area contributed by atoms with Gasteiger partial charge in [-0.25, -0.2) is 9.48 Å². The second kappa shape index (κ2) is 4.52. The van der Waals surface area contributed by atoms with Crippen molar-refractivity contribution in [1.29, 1.82) is 0 Å². The predicted octanol–water partition coefficient (Wildman–Crippen LogP) is 2.10. The fourth-order valence-electron chi connectivity index (χ4n) is 1.87. The van der Waals surface area contributed by atoms with E-state index in [9.17, 15) is 14.9 Å². The number of hydrogen-bond acceptors (Lipinski definition) is 4. The summed E-state index contributed by atoms with van der Waals surface area (Å²) >= 11 is 0. The van der Waals surface area contributed by atoms with Gasteiger partial charge < -0.3 is 5.11 Å².